The number of rotatable bonds is 6. The highest BCUT2D eigenvalue weighted by Crippen LogP contribution is 2.20. The molecule has 1 amide bonds. The number of ether oxygens (including phenoxy) is 1. The second-order valence-electron chi connectivity index (χ2n) is 5.48. The van der Waals surface area contributed by atoms with Crippen LogP contribution in [-0.2, 0) is 6.42 Å². The van der Waals surface area contributed by atoms with E-state index in [4.69, 9.17) is 0 Å². The third-order valence-electron chi connectivity index (χ3n) is 3.72. The zero-order chi connectivity index (χ0) is 19.4. The Labute approximate surface area is 152 Å². The molecular formula is C18H15F3N4O2. The van der Waals surface area contributed by atoms with Gasteiger partial charge in [-0.2, -0.15) is 8.78 Å². The molecule has 6 nitrogen and oxygen atoms in total. The molecule has 1 heterocycles. The molecule has 2 aromatic carbocycles. The topological polar surface area (TPSA) is 69.0 Å². The Balaban J connectivity index is 1.83. The number of alkyl halides is 2. The van der Waals surface area contributed by atoms with E-state index >= 15 is 0 Å². The van der Waals surface area contributed by atoms with E-state index in [2.05, 4.69) is 20.4 Å². The average Bonchev–Trinajstić information content (AvgIpc) is 3.08. The summed E-state index contributed by atoms with van der Waals surface area (Å²) < 4.78 is 43.2. The average molecular weight is 376 g/mol. The summed E-state index contributed by atoms with van der Waals surface area (Å²) in [5.41, 5.74) is 1.63. The van der Waals surface area contributed by atoms with Crippen LogP contribution < -0.4 is 10.1 Å². The van der Waals surface area contributed by atoms with Crippen molar-refractivity contribution in [3.8, 4) is 11.4 Å². The van der Waals surface area contributed by atoms with Gasteiger partial charge in [0.1, 0.15) is 11.6 Å². The van der Waals surface area contributed by atoms with Crippen LogP contribution in [0.2, 0.25) is 0 Å². The van der Waals surface area contributed by atoms with Crippen molar-refractivity contribution >= 4 is 11.6 Å². The summed E-state index contributed by atoms with van der Waals surface area (Å²) in [6.07, 6.45) is 0.453. The van der Waals surface area contributed by atoms with Gasteiger partial charge < -0.3 is 10.1 Å². The van der Waals surface area contributed by atoms with Gasteiger partial charge in [-0.05, 0) is 55.0 Å². The Hall–Kier alpha value is -3.36. The van der Waals surface area contributed by atoms with E-state index in [9.17, 15) is 18.0 Å². The van der Waals surface area contributed by atoms with E-state index in [0.29, 0.717) is 23.5 Å². The third-order valence-corrected chi connectivity index (χ3v) is 3.72. The molecule has 0 saturated carbocycles. The van der Waals surface area contributed by atoms with Crippen LogP contribution in [0.5, 0.6) is 5.75 Å². The van der Waals surface area contributed by atoms with E-state index in [0.717, 1.165) is 0 Å². The zero-order valence-electron chi connectivity index (χ0n) is 14.2. The van der Waals surface area contributed by atoms with E-state index in [1.54, 1.807) is 0 Å². The molecule has 9 heteroatoms. The Morgan fingerprint density at radius 3 is 2.41 bits per heavy atom. The lowest BCUT2D eigenvalue weighted by atomic mass is 10.2. The molecule has 0 atom stereocenters. The van der Waals surface area contributed by atoms with E-state index < -0.39 is 18.3 Å². The lowest BCUT2D eigenvalue weighted by Crippen LogP contribution is -2.15. The number of amides is 1. The molecule has 0 radical (unpaired) electrons. The molecular weight excluding hydrogens is 361 g/mol. The number of anilines is 1. The van der Waals surface area contributed by atoms with Crippen LogP contribution in [0.1, 0.15) is 23.1 Å². The van der Waals surface area contributed by atoms with Crippen LogP contribution in [0.3, 0.4) is 0 Å². The molecule has 3 rings (SSSR count). The van der Waals surface area contributed by atoms with Gasteiger partial charge in [0, 0.05) is 5.69 Å². The predicted molar refractivity (Wildman–Crippen MR) is 91.7 cm³/mol. The summed E-state index contributed by atoms with van der Waals surface area (Å²) in [6.45, 7) is -1.08. The van der Waals surface area contributed by atoms with Gasteiger partial charge in [-0.25, -0.2) is 9.07 Å². The van der Waals surface area contributed by atoms with Gasteiger partial charge in [-0.3, -0.25) is 4.79 Å². The van der Waals surface area contributed by atoms with E-state index in [-0.39, 0.29) is 11.4 Å². The minimum Gasteiger partial charge on any atom is -0.435 e. The Bertz CT molecular complexity index is 925. The van der Waals surface area contributed by atoms with E-state index in [1.165, 1.54) is 53.2 Å². The maximum absolute atomic E-state index is 13.0. The number of hydrogen-bond acceptors (Lipinski definition) is 4. The minimum atomic E-state index is -2.91. The molecule has 3 aromatic rings. The molecule has 0 spiro atoms. The normalized spacial score (nSPS) is 10.9. The van der Waals surface area contributed by atoms with Gasteiger partial charge in [0.05, 0.1) is 11.4 Å². The number of nitrogens with zero attached hydrogens (tertiary/aromatic N) is 3. The SMILES string of the molecule is CCc1c(C(=O)Nc2ccc(F)cc2)nnn1-c1ccc(OC(F)F)cc1. The molecule has 0 bridgehead atoms. The first-order valence-corrected chi connectivity index (χ1v) is 8.04. The molecule has 0 aliphatic rings. The third kappa shape index (κ3) is 4.25. The van der Waals surface area contributed by atoms with Crippen LogP contribution >= 0.6 is 0 Å². The van der Waals surface area contributed by atoms with Gasteiger partial charge in [0.2, 0.25) is 0 Å². The van der Waals surface area contributed by atoms with Crippen molar-refractivity contribution < 1.29 is 22.7 Å². The summed E-state index contributed by atoms with van der Waals surface area (Å²) in [4.78, 5) is 12.5. The molecule has 0 fully saturated rings. The summed E-state index contributed by atoms with van der Waals surface area (Å²) in [5, 5.41) is 10.5. The number of carbonyl (C=O) groups excluding carboxylic acids is 1. The first kappa shape index (κ1) is 18.4. The largest absolute Gasteiger partial charge is 0.435 e. The fourth-order valence-electron chi connectivity index (χ4n) is 2.49. The molecule has 0 unspecified atom stereocenters. The highest BCUT2D eigenvalue weighted by Gasteiger charge is 2.19. The van der Waals surface area contributed by atoms with Gasteiger partial charge in [-0.1, -0.05) is 12.1 Å². The van der Waals surface area contributed by atoms with Crippen molar-refractivity contribution in [1.29, 1.82) is 0 Å². The Morgan fingerprint density at radius 1 is 1.15 bits per heavy atom. The molecule has 27 heavy (non-hydrogen) atoms. The van der Waals surface area contributed by atoms with Crippen LogP contribution in [0.15, 0.2) is 48.5 Å². The molecule has 140 valence electrons. The maximum atomic E-state index is 13.0. The van der Waals surface area contributed by atoms with Crippen LogP contribution in [0.25, 0.3) is 5.69 Å². The number of aromatic nitrogens is 3. The highest BCUT2D eigenvalue weighted by molar-refractivity contribution is 6.03. The smallest absolute Gasteiger partial charge is 0.387 e. The molecule has 0 saturated heterocycles. The number of halogens is 3. The van der Waals surface area contributed by atoms with Crippen LogP contribution in [0, 0.1) is 5.82 Å². The second kappa shape index (κ2) is 7.90. The van der Waals surface area contributed by atoms with Gasteiger partial charge in [-0.15, -0.1) is 5.10 Å². The van der Waals surface area contributed by atoms with Crippen molar-refractivity contribution in [3.05, 3.63) is 65.7 Å². The van der Waals surface area contributed by atoms with Crippen molar-refractivity contribution in [2.45, 2.75) is 20.0 Å². The fraction of sp³-hybridized carbons (Fsp3) is 0.167. The quantitative estimate of drug-likeness (QED) is 0.710. The predicted octanol–water partition coefficient (Wildman–Crippen LogP) is 3.82. The summed E-state index contributed by atoms with van der Waals surface area (Å²) >= 11 is 0. The van der Waals surface area contributed by atoms with Crippen molar-refractivity contribution in [2.75, 3.05) is 5.32 Å². The fourth-order valence-corrected chi connectivity index (χ4v) is 2.49. The molecule has 0 aliphatic heterocycles. The standard InChI is InChI=1S/C18H15F3N4O2/c1-2-15-16(17(26)22-12-5-3-11(19)4-6-12)23-24-25(15)13-7-9-14(10-8-13)27-18(20)21/h3-10,18H,2H2,1H3,(H,22,26). The molecule has 0 aliphatic carbocycles. The number of hydrogen-bond donors (Lipinski definition) is 1. The zero-order valence-corrected chi connectivity index (χ0v) is 14.2. The first-order valence-electron chi connectivity index (χ1n) is 8.04. The van der Waals surface area contributed by atoms with Crippen LogP contribution in [0.4, 0.5) is 18.9 Å². The molecule has 1 N–H and O–H groups in total. The number of benzene rings is 2. The second-order valence-corrected chi connectivity index (χ2v) is 5.48. The Morgan fingerprint density at radius 2 is 1.81 bits per heavy atom. The minimum absolute atomic E-state index is 0.0150. The molecule has 1 aromatic heterocycles. The monoisotopic (exact) mass is 376 g/mol. The van der Waals surface area contributed by atoms with Crippen molar-refractivity contribution in [3.63, 3.8) is 0 Å². The van der Waals surface area contributed by atoms with E-state index in [1.807, 2.05) is 6.92 Å². The van der Waals surface area contributed by atoms with Crippen molar-refractivity contribution in [2.24, 2.45) is 0 Å². The van der Waals surface area contributed by atoms with Crippen LogP contribution in [-0.4, -0.2) is 27.5 Å². The Kier molecular flexibility index (Phi) is 5.39. The lowest BCUT2D eigenvalue weighted by molar-refractivity contribution is -0.0498. The number of carbonyl (C=O) groups is 1. The summed E-state index contributed by atoms with van der Waals surface area (Å²) in [6, 6.07) is 11.2. The summed E-state index contributed by atoms with van der Waals surface area (Å²) in [5.74, 6) is -0.879. The van der Waals surface area contributed by atoms with Crippen molar-refractivity contribution in [1.82, 2.24) is 15.0 Å². The maximum Gasteiger partial charge on any atom is 0.387 e. The van der Waals surface area contributed by atoms with Gasteiger partial charge >= 0.3 is 6.61 Å². The van der Waals surface area contributed by atoms with Gasteiger partial charge in [0.25, 0.3) is 5.91 Å². The first-order chi connectivity index (χ1) is 13.0. The highest BCUT2D eigenvalue weighted by atomic mass is 19.3. The van der Waals surface area contributed by atoms with Gasteiger partial charge in [0.15, 0.2) is 5.69 Å². The number of nitrogens with one attached hydrogen (secondary N) is 1. The summed E-state index contributed by atoms with van der Waals surface area (Å²) in [7, 11) is 0. The lowest BCUT2D eigenvalue weighted by Gasteiger charge is -2.08.